The lowest BCUT2D eigenvalue weighted by Gasteiger charge is -2.04. The number of nitrogens with two attached hydrogens (primary N) is 1. The summed E-state index contributed by atoms with van der Waals surface area (Å²) in [4.78, 5) is 19.7. The molecule has 0 saturated carbocycles. The van der Waals surface area contributed by atoms with Crippen molar-refractivity contribution in [3.63, 3.8) is 0 Å². The van der Waals surface area contributed by atoms with Gasteiger partial charge >= 0.3 is 0 Å². The maximum absolute atomic E-state index is 11.8. The van der Waals surface area contributed by atoms with Crippen molar-refractivity contribution in [1.82, 2.24) is 15.3 Å². The zero-order valence-corrected chi connectivity index (χ0v) is 10.3. The number of amides is 1. The summed E-state index contributed by atoms with van der Waals surface area (Å²) in [6.45, 7) is 0.351. The van der Waals surface area contributed by atoms with E-state index >= 15 is 0 Å². The molecular formula is C10H9ClN4OS. The van der Waals surface area contributed by atoms with Gasteiger partial charge in [-0.1, -0.05) is 11.6 Å². The molecule has 2 heterocycles. The topological polar surface area (TPSA) is 80.9 Å². The van der Waals surface area contributed by atoms with Gasteiger partial charge in [-0.15, -0.1) is 11.3 Å². The molecule has 0 unspecified atom stereocenters. The second kappa shape index (κ2) is 5.11. The molecule has 1 amide bonds. The number of rotatable bonds is 3. The third kappa shape index (κ3) is 2.92. The Balaban J connectivity index is 2.07. The minimum Gasteiger partial charge on any atom is -0.384 e. The van der Waals surface area contributed by atoms with Crippen molar-refractivity contribution in [2.45, 2.75) is 6.54 Å². The number of hydrogen-bond donors (Lipinski definition) is 2. The van der Waals surface area contributed by atoms with Crippen molar-refractivity contribution >= 4 is 34.7 Å². The molecule has 88 valence electrons. The Kier molecular flexibility index (Phi) is 3.55. The fourth-order valence-electron chi connectivity index (χ4n) is 1.20. The van der Waals surface area contributed by atoms with Gasteiger partial charge in [-0.05, 0) is 12.1 Å². The third-order valence-electron chi connectivity index (χ3n) is 1.97. The quantitative estimate of drug-likeness (QED) is 0.888. The van der Waals surface area contributed by atoms with E-state index in [0.717, 1.165) is 5.01 Å². The highest BCUT2D eigenvalue weighted by Crippen LogP contribution is 2.15. The van der Waals surface area contributed by atoms with Crippen molar-refractivity contribution in [2.75, 3.05) is 5.73 Å². The molecular weight excluding hydrogens is 260 g/mol. The Labute approximate surface area is 107 Å². The maximum Gasteiger partial charge on any atom is 0.271 e. The summed E-state index contributed by atoms with van der Waals surface area (Å²) < 4.78 is 0. The van der Waals surface area contributed by atoms with E-state index in [0.29, 0.717) is 6.54 Å². The molecule has 0 bridgehead atoms. The molecule has 0 aliphatic rings. The van der Waals surface area contributed by atoms with Gasteiger partial charge in [-0.25, -0.2) is 9.97 Å². The molecule has 2 rings (SSSR count). The van der Waals surface area contributed by atoms with Crippen LogP contribution in [-0.4, -0.2) is 15.9 Å². The number of nitrogens with one attached hydrogen (secondary N) is 1. The smallest absolute Gasteiger partial charge is 0.271 e. The van der Waals surface area contributed by atoms with Gasteiger partial charge in [0, 0.05) is 11.6 Å². The van der Waals surface area contributed by atoms with Crippen molar-refractivity contribution in [3.05, 3.63) is 39.4 Å². The third-order valence-corrected chi connectivity index (χ3v) is 3.05. The molecule has 0 aliphatic carbocycles. The first-order valence-corrected chi connectivity index (χ1v) is 6.01. The van der Waals surface area contributed by atoms with Crippen LogP contribution >= 0.6 is 22.9 Å². The molecule has 0 radical (unpaired) electrons. The highest BCUT2D eigenvalue weighted by molar-refractivity contribution is 7.09. The van der Waals surface area contributed by atoms with Gasteiger partial charge in [0.1, 0.15) is 16.5 Å². The molecule has 0 aromatic carbocycles. The molecule has 2 aromatic rings. The lowest BCUT2D eigenvalue weighted by Crippen LogP contribution is -2.24. The first-order valence-electron chi connectivity index (χ1n) is 4.75. The van der Waals surface area contributed by atoms with E-state index in [1.54, 1.807) is 18.3 Å². The van der Waals surface area contributed by atoms with Crippen LogP contribution in [0.4, 0.5) is 5.82 Å². The van der Waals surface area contributed by atoms with E-state index in [-0.39, 0.29) is 22.4 Å². The van der Waals surface area contributed by atoms with Gasteiger partial charge in [0.25, 0.3) is 5.91 Å². The highest BCUT2D eigenvalue weighted by Gasteiger charge is 2.12. The number of carbonyl (C=O) groups is 1. The fraction of sp³-hybridized carbons (Fsp3) is 0.100. The van der Waals surface area contributed by atoms with Crippen LogP contribution in [0.2, 0.25) is 5.02 Å². The minimum absolute atomic E-state index is 0.128. The molecule has 3 N–H and O–H groups in total. The van der Waals surface area contributed by atoms with Crippen LogP contribution in [0.3, 0.4) is 0 Å². The van der Waals surface area contributed by atoms with Crippen LogP contribution in [0, 0.1) is 0 Å². The fourth-order valence-corrected chi connectivity index (χ4v) is 1.94. The van der Waals surface area contributed by atoms with E-state index in [4.69, 9.17) is 17.3 Å². The molecule has 7 heteroatoms. The Morgan fingerprint density at radius 3 is 3.06 bits per heavy atom. The molecule has 0 saturated heterocycles. The number of pyridine rings is 1. The second-order valence-electron chi connectivity index (χ2n) is 3.18. The standard InChI is InChI=1S/C10H9ClN4OS/c11-6-1-2-7(12)15-9(6)10(16)14-5-8-13-3-4-17-8/h1-4H,5H2,(H2,12,15)(H,14,16). The molecule has 2 aromatic heterocycles. The summed E-state index contributed by atoms with van der Waals surface area (Å²) >= 11 is 7.32. The van der Waals surface area contributed by atoms with E-state index < -0.39 is 0 Å². The molecule has 5 nitrogen and oxygen atoms in total. The summed E-state index contributed by atoms with van der Waals surface area (Å²) in [5.41, 5.74) is 5.62. The van der Waals surface area contributed by atoms with Crippen LogP contribution in [0.5, 0.6) is 0 Å². The van der Waals surface area contributed by atoms with Gasteiger partial charge in [-0.2, -0.15) is 0 Å². The van der Waals surface area contributed by atoms with E-state index in [1.807, 2.05) is 5.38 Å². The summed E-state index contributed by atoms with van der Waals surface area (Å²) in [5.74, 6) is -0.105. The molecule has 0 spiro atoms. The van der Waals surface area contributed by atoms with Crippen LogP contribution in [0.25, 0.3) is 0 Å². The number of nitrogen functional groups attached to an aromatic ring is 1. The molecule has 0 aliphatic heterocycles. The predicted octanol–water partition coefficient (Wildman–Crippen LogP) is 1.70. The first-order chi connectivity index (χ1) is 8.16. The zero-order valence-electron chi connectivity index (χ0n) is 8.68. The minimum atomic E-state index is -0.363. The monoisotopic (exact) mass is 268 g/mol. The number of carbonyl (C=O) groups excluding carboxylic acids is 1. The van der Waals surface area contributed by atoms with Crippen LogP contribution in [0.15, 0.2) is 23.7 Å². The number of thiazole rings is 1. The SMILES string of the molecule is Nc1ccc(Cl)c(C(=O)NCc2nccs2)n1. The van der Waals surface area contributed by atoms with Gasteiger partial charge in [-0.3, -0.25) is 4.79 Å². The average molecular weight is 269 g/mol. The summed E-state index contributed by atoms with van der Waals surface area (Å²) in [6.07, 6.45) is 1.68. The van der Waals surface area contributed by atoms with Crippen LogP contribution in [-0.2, 0) is 6.54 Å². The largest absolute Gasteiger partial charge is 0.384 e. The Bertz CT molecular complexity index is 529. The lowest BCUT2D eigenvalue weighted by molar-refractivity contribution is 0.0946. The highest BCUT2D eigenvalue weighted by atomic mass is 35.5. The van der Waals surface area contributed by atoms with Gasteiger partial charge in [0.05, 0.1) is 11.6 Å². The van der Waals surface area contributed by atoms with Crippen molar-refractivity contribution in [3.8, 4) is 0 Å². The van der Waals surface area contributed by atoms with Crippen molar-refractivity contribution in [1.29, 1.82) is 0 Å². The normalized spacial score (nSPS) is 10.2. The Hall–Kier alpha value is -1.66. The molecule has 17 heavy (non-hydrogen) atoms. The number of nitrogens with zero attached hydrogens (tertiary/aromatic N) is 2. The summed E-state index contributed by atoms with van der Waals surface area (Å²) in [5, 5.41) is 5.61. The first kappa shape index (κ1) is 11.8. The number of anilines is 1. The van der Waals surface area contributed by atoms with E-state index in [1.165, 1.54) is 11.3 Å². The number of hydrogen-bond acceptors (Lipinski definition) is 5. The van der Waals surface area contributed by atoms with E-state index in [9.17, 15) is 4.79 Å². The average Bonchev–Trinajstić information content (AvgIpc) is 2.82. The maximum atomic E-state index is 11.8. The van der Waals surface area contributed by atoms with Crippen molar-refractivity contribution < 1.29 is 4.79 Å². The predicted molar refractivity (Wildman–Crippen MR) is 66.9 cm³/mol. The lowest BCUT2D eigenvalue weighted by atomic mass is 10.3. The van der Waals surface area contributed by atoms with Gasteiger partial charge in [0.15, 0.2) is 0 Å². The van der Waals surface area contributed by atoms with Crippen LogP contribution in [0.1, 0.15) is 15.5 Å². The Morgan fingerprint density at radius 2 is 2.35 bits per heavy atom. The summed E-state index contributed by atoms with van der Waals surface area (Å²) in [6, 6.07) is 3.09. The zero-order chi connectivity index (χ0) is 12.3. The second-order valence-corrected chi connectivity index (χ2v) is 4.56. The van der Waals surface area contributed by atoms with Crippen molar-refractivity contribution in [2.24, 2.45) is 0 Å². The Morgan fingerprint density at radius 1 is 1.53 bits per heavy atom. The number of halogens is 1. The molecule has 0 atom stereocenters. The van der Waals surface area contributed by atoms with Crippen LogP contribution < -0.4 is 11.1 Å². The molecule has 0 fully saturated rings. The number of aromatic nitrogens is 2. The van der Waals surface area contributed by atoms with Gasteiger partial charge < -0.3 is 11.1 Å². The summed E-state index contributed by atoms with van der Waals surface area (Å²) in [7, 11) is 0. The van der Waals surface area contributed by atoms with Gasteiger partial charge in [0.2, 0.25) is 0 Å². The van der Waals surface area contributed by atoms with E-state index in [2.05, 4.69) is 15.3 Å².